The molecule has 4 atom stereocenters. The Bertz CT molecular complexity index is 3650. The Hall–Kier alpha value is -9.32. The number of carbonyl (C=O) groups is 7. The molecule has 7 aromatic rings. The number of carboxylic acid groups (broad SMARTS) is 1. The third-order valence-corrected chi connectivity index (χ3v) is 19.5. The number of piperidine rings is 1. The highest BCUT2D eigenvalue weighted by Gasteiger charge is 2.41. The van der Waals surface area contributed by atoms with Crippen molar-refractivity contribution in [3.63, 3.8) is 0 Å². The Morgan fingerprint density at radius 2 is 1.23 bits per heavy atom. The number of urea groups is 1. The number of aromatic amines is 3. The van der Waals surface area contributed by atoms with Crippen LogP contribution in [0.15, 0.2) is 110 Å². The fraction of sp³-hybridized carbons (Fsp3) is 0.433. The number of nitrogens with one attached hydrogen (secondary N) is 6. The number of hydrogen-bond acceptors (Lipinski definition) is 13. The standard InChI is InChI=1S/C67H79N13O10S/c1-41-16-18-47(19-17-41)61(81)80(56-36-57(91-58(56)64(84)85)46-11-5-4-6-12-46)49-28-33-77(34-29-49)65(86)69-30-8-7-13-50(75-66(87)89-2)62(82)78-31-9-14-54(78)59-70-38-52(73-59)44-24-20-42(21-25-44)43-22-26-45(27-23-43)53-39-71-60(74-53)55-15-10-32-79(55)63(83)51(76-67(88)90-3)35-48-37-68-40-72-48/h4-6,11-12,20-27,36-41,47,49-51,54-55H,7-10,13-19,28-35H2,1-3H3,(H,68,72)(H,69,86)(H,70,73)(H,71,74)(H,75,87)(H,76,88)(H,84,85)/t41?,47?,50-,51-,54-,55-/m0/s1. The van der Waals surface area contributed by atoms with Crippen molar-refractivity contribution in [2.24, 2.45) is 11.8 Å². The molecule has 24 heteroatoms. The molecule has 23 nitrogen and oxygen atoms in total. The first-order chi connectivity index (χ1) is 44.2. The van der Waals surface area contributed by atoms with Gasteiger partial charge in [0.15, 0.2) is 0 Å². The molecular weight excluding hydrogens is 1180 g/mol. The number of H-pyrrole nitrogens is 3. The van der Waals surface area contributed by atoms with Crippen molar-refractivity contribution < 1.29 is 48.1 Å². The van der Waals surface area contributed by atoms with Gasteiger partial charge in [-0.3, -0.25) is 14.4 Å². The number of aromatic nitrogens is 6. The van der Waals surface area contributed by atoms with E-state index in [2.05, 4.69) is 42.8 Å². The van der Waals surface area contributed by atoms with Gasteiger partial charge in [-0.1, -0.05) is 85.8 Å². The Balaban J connectivity index is 0.663. The van der Waals surface area contributed by atoms with E-state index in [0.717, 1.165) is 89.0 Å². The second-order valence-electron chi connectivity index (χ2n) is 24.2. The molecule has 0 bridgehead atoms. The van der Waals surface area contributed by atoms with Crippen molar-refractivity contribution in [2.45, 2.75) is 127 Å². The molecule has 478 valence electrons. The number of carboxylic acids is 1. The van der Waals surface area contributed by atoms with Gasteiger partial charge in [0.25, 0.3) is 0 Å². The van der Waals surface area contributed by atoms with Gasteiger partial charge in [-0.05, 0) is 123 Å². The first kappa shape index (κ1) is 63.3. The van der Waals surface area contributed by atoms with Crippen LogP contribution in [0.3, 0.4) is 0 Å². The number of carbonyl (C=O) groups excluding carboxylic acids is 6. The number of amides is 7. The van der Waals surface area contributed by atoms with Crippen LogP contribution in [0, 0.1) is 11.8 Å². The fourth-order valence-electron chi connectivity index (χ4n) is 13.3. The zero-order chi connectivity index (χ0) is 63.5. The van der Waals surface area contributed by atoms with E-state index in [-0.39, 0.29) is 59.1 Å². The summed E-state index contributed by atoms with van der Waals surface area (Å²) in [5.41, 5.74) is 7.50. The third kappa shape index (κ3) is 14.8. The molecule has 0 spiro atoms. The van der Waals surface area contributed by atoms with Crippen LogP contribution in [0.25, 0.3) is 44.1 Å². The number of rotatable bonds is 21. The average Bonchev–Trinajstić information content (AvgIpc) is 1.81. The van der Waals surface area contributed by atoms with Crippen molar-refractivity contribution in [2.75, 3.05) is 51.8 Å². The summed E-state index contributed by atoms with van der Waals surface area (Å²) in [4.78, 5) is 126. The lowest BCUT2D eigenvalue weighted by Crippen LogP contribution is -2.52. The number of benzene rings is 3. The molecule has 7 heterocycles. The van der Waals surface area contributed by atoms with E-state index in [1.165, 1.54) is 31.9 Å². The third-order valence-electron chi connectivity index (χ3n) is 18.3. The van der Waals surface area contributed by atoms with Crippen molar-refractivity contribution >= 4 is 58.9 Å². The van der Waals surface area contributed by atoms with Gasteiger partial charge in [0.05, 0.1) is 62.1 Å². The van der Waals surface area contributed by atoms with Crippen LogP contribution in [0.2, 0.25) is 0 Å². The van der Waals surface area contributed by atoms with E-state index in [1.807, 2.05) is 84.9 Å². The van der Waals surface area contributed by atoms with Gasteiger partial charge in [-0.15, -0.1) is 11.3 Å². The van der Waals surface area contributed by atoms with Gasteiger partial charge >= 0.3 is 24.2 Å². The van der Waals surface area contributed by atoms with Crippen LogP contribution >= 0.6 is 11.3 Å². The van der Waals surface area contributed by atoms with E-state index < -0.39 is 30.2 Å². The number of alkyl carbamates (subject to hydrolysis) is 2. The number of ether oxygens (including phenoxy) is 2. The summed E-state index contributed by atoms with van der Waals surface area (Å²) in [6, 6.07) is 24.9. The maximum atomic E-state index is 14.5. The maximum absolute atomic E-state index is 14.5. The maximum Gasteiger partial charge on any atom is 0.407 e. The quantitative estimate of drug-likeness (QED) is 0.0330. The lowest BCUT2D eigenvalue weighted by atomic mass is 9.82. The van der Waals surface area contributed by atoms with Crippen LogP contribution in [0.4, 0.5) is 20.1 Å². The first-order valence-corrected chi connectivity index (χ1v) is 32.4. The predicted molar refractivity (Wildman–Crippen MR) is 343 cm³/mol. The SMILES string of the molecule is COC(=O)N[C@@H](CCCCNC(=O)N1CCC(N(C(=O)C2CCC(C)CC2)c2cc(-c3ccccc3)sc2C(=O)O)CC1)C(=O)N1CCC[C@H]1c1ncc(-c2ccc(-c3ccc(-c4cnc([C@@H]5CCCN5C(=O)[C@H](Cc5cnc[nH]5)NC(=O)OC)[nH]4)cc3)cc2)[nH]1. The smallest absolute Gasteiger partial charge is 0.407 e. The second-order valence-corrected chi connectivity index (χ2v) is 25.2. The first-order valence-electron chi connectivity index (χ1n) is 31.6. The summed E-state index contributed by atoms with van der Waals surface area (Å²) in [7, 11) is 2.52. The summed E-state index contributed by atoms with van der Waals surface area (Å²) in [5, 5.41) is 18.9. The lowest BCUT2D eigenvalue weighted by Gasteiger charge is -2.40. The van der Waals surface area contributed by atoms with Crippen molar-refractivity contribution in [1.29, 1.82) is 0 Å². The molecule has 4 aliphatic rings. The number of anilines is 1. The minimum atomic E-state index is -1.07. The van der Waals surface area contributed by atoms with E-state index in [0.29, 0.717) is 100 Å². The minimum absolute atomic E-state index is 0.0378. The highest BCUT2D eigenvalue weighted by atomic mass is 32.1. The normalized spacial score (nSPS) is 19.1. The molecule has 3 aliphatic heterocycles. The largest absolute Gasteiger partial charge is 0.477 e. The summed E-state index contributed by atoms with van der Waals surface area (Å²) in [6.45, 7) is 4.33. The molecule has 4 fully saturated rings. The molecule has 7 N–H and O–H groups in total. The fourth-order valence-corrected chi connectivity index (χ4v) is 14.3. The van der Waals surface area contributed by atoms with Crippen molar-refractivity contribution in [3.8, 4) is 44.1 Å². The predicted octanol–water partition coefficient (Wildman–Crippen LogP) is 10.5. The molecule has 1 saturated carbocycles. The molecule has 11 rings (SSSR count). The minimum Gasteiger partial charge on any atom is -0.477 e. The van der Waals surface area contributed by atoms with E-state index in [4.69, 9.17) is 19.4 Å². The van der Waals surface area contributed by atoms with Crippen LogP contribution in [-0.2, 0) is 30.3 Å². The lowest BCUT2D eigenvalue weighted by molar-refractivity contribution is -0.135. The summed E-state index contributed by atoms with van der Waals surface area (Å²) in [6.07, 6.45) is 14.3. The Kier molecular flexibility index (Phi) is 20.2. The Morgan fingerprint density at radius 3 is 1.78 bits per heavy atom. The zero-order valence-electron chi connectivity index (χ0n) is 51.5. The second kappa shape index (κ2) is 29.1. The topological polar surface area (TPSA) is 293 Å². The Morgan fingerprint density at radius 1 is 0.670 bits per heavy atom. The Labute approximate surface area is 532 Å². The number of aromatic carboxylic acids is 1. The van der Waals surface area contributed by atoms with Crippen molar-refractivity contribution in [1.82, 2.24) is 60.6 Å². The van der Waals surface area contributed by atoms with Crippen LogP contribution in [0.5, 0.6) is 0 Å². The van der Waals surface area contributed by atoms with Gasteiger partial charge in [0.1, 0.15) is 28.6 Å². The molecule has 1 aliphatic carbocycles. The molecule has 0 unspecified atom stereocenters. The molecule has 3 aromatic carbocycles. The van der Waals surface area contributed by atoms with E-state index >= 15 is 0 Å². The average molecular weight is 1260 g/mol. The summed E-state index contributed by atoms with van der Waals surface area (Å²) in [5.74, 6) is 0.0848. The zero-order valence-corrected chi connectivity index (χ0v) is 52.3. The molecule has 7 amide bonds. The number of hydrogen-bond donors (Lipinski definition) is 7. The van der Waals surface area contributed by atoms with Gasteiger partial charge < -0.3 is 65.1 Å². The van der Waals surface area contributed by atoms with E-state index in [1.54, 1.807) is 38.2 Å². The van der Waals surface area contributed by atoms with Gasteiger partial charge in [0.2, 0.25) is 17.7 Å². The van der Waals surface area contributed by atoms with Crippen LogP contribution in [0.1, 0.15) is 129 Å². The van der Waals surface area contributed by atoms with Gasteiger partial charge in [-0.25, -0.2) is 34.1 Å². The van der Waals surface area contributed by atoms with Gasteiger partial charge in [0, 0.05) is 67.9 Å². The molecule has 91 heavy (non-hydrogen) atoms. The van der Waals surface area contributed by atoms with Crippen molar-refractivity contribution in [3.05, 3.63) is 132 Å². The van der Waals surface area contributed by atoms with Gasteiger partial charge in [-0.2, -0.15) is 0 Å². The molecule has 4 aromatic heterocycles. The molecular formula is C67H79N13O10S. The number of thiophene rings is 1. The van der Waals surface area contributed by atoms with Crippen LogP contribution in [-0.4, -0.2) is 157 Å². The summed E-state index contributed by atoms with van der Waals surface area (Å²) < 4.78 is 9.77. The number of nitrogens with zero attached hydrogens (tertiary/aromatic N) is 7. The van der Waals surface area contributed by atoms with E-state index in [9.17, 15) is 38.7 Å². The highest BCUT2D eigenvalue weighted by Crippen LogP contribution is 2.42. The van der Waals surface area contributed by atoms with Crippen LogP contribution < -0.4 is 20.9 Å². The number of methoxy groups -OCH3 is 2. The molecule has 3 saturated heterocycles. The number of imidazole rings is 3. The highest BCUT2D eigenvalue weighted by molar-refractivity contribution is 7.18. The monoisotopic (exact) mass is 1260 g/mol. The summed E-state index contributed by atoms with van der Waals surface area (Å²) >= 11 is 1.18. The number of likely N-dealkylation sites (tertiary alicyclic amines) is 3. The number of unbranched alkanes of at least 4 members (excludes halogenated alkanes) is 1. The molecule has 0 radical (unpaired) electrons.